The smallest absolute Gasteiger partial charge is 0.249 e. The number of rotatable bonds is 6. The van der Waals surface area contributed by atoms with Gasteiger partial charge in [-0.25, -0.2) is 8.42 Å². The molecule has 1 unspecified atom stereocenters. The van der Waals surface area contributed by atoms with Crippen molar-refractivity contribution in [1.29, 1.82) is 0 Å². The number of hydrogen-bond acceptors (Lipinski definition) is 4. The Hall–Kier alpha value is -2.71. The van der Waals surface area contributed by atoms with Crippen LogP contribution in [-0.4, -0.2) is 56.6 Å². The van der Waals surface area contributed by atoms with Gasteiger partial charge in [0.25, 0.3) is 0 Å². The molecule has 2 amide bonds. The number of nitrogens with zero attached hydrogens (tertiary/aromatic N) is 2. The van der Waals surface area contributed by atoms with Crippen LogP contribution in [0.3, 0.4) is 0 Å². The maximum Gasteiger partial charge on any atom is 0.249 e. The number of benzene rings is 2. The summed E-state index contributed by atoms with van der Waals surface area (Å²) in [6, 6.07) is 13.8. The maximum absolute atomic E-state index is 13.2. The van der Waals surface area contributed by atoms with Crippen LogP contribution in [0.5, 0.6) is 0 Å². The highest BCUT2D eigenvalue weighted by atomic mass is 32.2. The lowest BCUT2D eigenvalue weighted by Gasteiger charge is -2.32. The molecule has 0 aromatic heterocycles. The normalized spacial score (nSPS) is 17.9. The number of piperidine rings is 1. The molecule has 8 heteroatoms. The van der Waals surface area contributed by atoms with E-state index >= 15 is 0 Å². The van der Waals surface area contributed by atoms with Gasteiger partial charge in [0, 0.05) is 33.1 Å². The molecule has 2 aromatic rings. The first-order chi connectivity index (χ1) is 15.8. The number of hydrogen-bond donors (Lipinski definition) is 1. The van der Waals surface area contributed by atoms with E-state index in [1.165, 1.54) is 14.8 Å². The van der Waals surface area contributed by atoms with E-state index in [2.05, 4.69) is 5.32 Å². The van der Waals surface area contributed by atoms with Crippen LogP contribution < -0.4 is 5.32 Å². The summed E-state index contributed by atoms with van der Waals surface area (Å²) in [5.41, 5.74) is 3.09. The van der Waals surface area contributed by atoms with Crippen molar-refractivity contribution in [3.63, 3.8) is 0 Å². The minimum Gasteiger partial charge on any atom is -0.347 e. The fourth-order valence-corrected chi connectivity index (χ4v) is 6.19. The topological polar surface area (TPSA) is 86.8 Å². The molecule has 33 heavy (non-hydrogen) atoms. The lowest BCUT2D eigenvalue weighted by Crippen LogP contribution is -2.46. The van der Waals surface area contributed by atoms with Crippen molar-refractivity contribution >= 4 is 21.8 Å². The van der Waals surface area contributed by atoms with Gasteiger partial charge < -0.3 is 10.2 Å². The van der Waals surface area contributed by atoms with Crippen molar-refractivity contribution in [2.24, 2.45) is 5.92 Å². The highest BCUT2D eigenvalue weighted by Gasteiger charge is 2.34. The molecule has 4 rings (SSSR count). The Kier molecular flexibility index (Phi) is 6.86. The molecule has 1 N–H and O–H groups in total. The van der Waals surface area contributed by atoms with Crippen LogP contribution in [-0.2, 0) is 32.5 Å². The third-order valence-corrected chi connectivity index (χ3v) is 8.53. The van der Waals surface area contributed by atoms with Gasteiger partial charge in [-0.05, 0) is 60.9 Å². The molecule has 2 aromatic carbocycles. The van der Waals surface area contributed by atoms with Gasteiger partial charge in [-0.1, -0.05) is 36.4 Å². The predicted octanol–water partition coefficient (Wildman–Crippen LogP) is 2.52. The first-order valence-corrected chi connectivity index (χ1v) is 12.9. The van der Waals surface area contributed by atoms with Gasteiger partial charge in [-0.15, -0.1) is 0 Å². The van der Waals surface area contributed by atoms with E-state index in [1.807, 2.05) is 42.5 Å². The van der Waals surface area contributed by atoms with E-state index in [1.54, 1.807) is 20.2 Å². The zero-order chi connectivity index (χ0) is 23.6. The predicted molar refractivity (Wildman–Crippen MR) is 126 cm³/mol. The summed E-state index contributed by atoms with van der Waals surface area (Å²) in [5, 5.41) is 2.90. The molecule has 0 bridgehead atoms. The number of fused-ring (bicyclic) bond motifs is 1. The number of sulfonamides is 1. The zero-order valence-corrected chi connectivity index (χ0v) is 20.0. The van der Waals surface area contributed by atoms with Crippen molar-refractivity contribution in [3.05, 3.63) is 65.2 Å². The number of carbonyl (C=O) groups excluding carboxylic acids is 2. The summed E-state index contributed by atoms with van der Waals surface area (Å²) < 4.78 is 27.8. The van der Waals surface area contributed by atoms with E-state index in [0.717, 1.165) is 30.4 Å². The van der Waals surface area contributed by atoms with Gasteiger partial charge in [0.2, 0.25) is 21.8 Å². The van der Waals surface area contributed by atoms with E-state index < -0.39 is 16.1 Å². The standard InChI is InChI=1S/C25H31N3O4S/c1-27(2)25(30)23(19-7-4-3-5-8-19)26-24(29)20-13-15-28(16-14-20)33(31,32)22-12-11-18-9-6-10-21(18)17-22/h3-5,7-8,11-12,17,20,23H,6,9-10,13-16H2,1-2H3,(H,26,29). The van der Waals surface area contributed by atoms with E-state index in [-0.39, 0.29) is 30.8 Å². The van der Waals surface area contributed by atoms with Crippen LogP contribution in [0.15, 0.2) is 53.4 Å². The molecular formula is C25H31N3O4S. The number of aryl methyl sites for hydroxylation is 2. The van der Waals surface area contributed by atoms with Gasteiger partial charge in [0.15, 0.2) is 0 Å². The Morgan fingerprint density at radius 2 is 1.67 bits per heavy atom. The highest BCUT2D eigenvalue weighted by Crippen LogP contribution is 2.29. The molecule has 0 spiro atoms. The quantitative estimate of drug-likeness (QED) is 0.704. The van der Waals surface area contributed by atoms with Crippen LogP contribution in [0.4, 0.5) is 0 Å². The summed E-state index contributed by atoms with van der Waals surface area (Å²) in [4.78, 5) is 27.5. The molecule has 7 nitrogen and oxygen atoms in total. The van der Waals surface area contributed by atoms with Gasteiger partial charge in [0.05, 0.1) is 4.90 Å². The number of carbonyl (C=O) groups is 2. The lowest BCUT2D eigenvalue weighted by atomic mass is 9.96. The molecule has 1 aliphatic heterocycles. The van der Waals surface area contributed by atoms with Gasteiger partial charge in [-0.3, -0.25) is 9.59 Å². The minimum atomic E-state index is -3.58. The summed E-state index contributed by atoms with van der Waals surface area (Å²) in [7, 11) is -0.264. The van der Waals surface area contributed by atoms with Crippen LogP contribution in [0.2, 0.25) is 0 Å². The number of likely N-dealkylation sites (N-methyl/N-ethyl adjacent to an activating group) is 1. The first kappa shape index (κ1) is 23.4. The average molecular weight is 470 g/mol. The van der Waals surface area contributed by atoms with Gasteiger partial charge >= 0.3 is 0 Å². The summed E-state index contributed by atoms with van der Waals surface area (Å²) in [6.07, 6.45) is 3.85. The Morgan fingerprint density at radius 1 is 1.00 bits per heavy atom. The molecule has 0 radical (unpaired) electrons. The molecule has 1 heterocycles. The second kappa shape index (κ2) is 9.65. The highest BCUT2D eigenvalue weighted by molar-refractivity contribution is 7.89. The summed E-state index contributed by atoms with van der Waals surface area (Å²) >= 11 is 0. The molecule has 1 fully saturated rings. The van der Waals surface area contributed by atoms with E-state index in [0.29, 0.717) is 17.7 Å². The molecule has 1 saturated heterocycles. The Morgan fingerprint density at radius 3 is 2.33 bits per heavy atom. The zero-order valence-electron chi connectivity index (χ0n) is 19.2. The fourth-order valence-electron chi connectivity index (χ4n) is 4.67. The van der Waals surface area contributed by atoms with Crippen molar-refractivity contribution in [1.82, 2.24) is 14.5 Å². The Labute approximate surface area is 195 Å². The van der Waals surface area contributed by atoms with E-state index in [9.17, 15) is 18.0 Å². The SMILES string of the molecule is CN(C)C(=O)C(NC(=O)C1CCN(S(=O)(=O)c2ccc3c(c2)CCC3)CC1)c1ccccc1. The van der Waals surface area contributed by atoms with Crippen molar-refractivity contribution in [2.75, 3.05) is 27.2 Å². The average Bonchev–Trinajstić information content (AvgIpc) is 3.30. The number of amides is 2. The monoisotopic (exact) mass is 469 g/mol. The number of nitrogens with one attached hydrogen (secondary N) is 1. The second-order valence-corrected chi connectivity index (χ2v) is 11.0. The maximum atomic E-state index is 13.2. The van der Waals surface area contributed by atoms with Crippen molar-refractivity contribution < 1.29 is 18.0 Å². The molecule has 0 saturated carbocycles. The molecule has 1 atom stereocenters. The largest absolute Gasteiger partial charge is 0.347 e. The summed E-state index contributed by atoms with van der Waals surface area (Å²) in [6.45, 7) is 0.574. The van der Waals surface area contributed by atoms with Crippen molar-refractivity contribution in [2.45, 2.75) is 43.0 Å². The van der Waals surface area contributed by atoms with Gasteiger partial charge in [0.1, 0.15) is 6.04 Å². The van der Waals surface area contributed by atoms with Crippen LogP contribution >= 0.6 is 0 Å². The van der Waals surface area contributed by atoms with Crippen LogP contribution in [0, 0.1) is 5.92 Å². The van der Waals surface area contributed by atoms with E-state index in [4.69, 9.17) is 0 Å². The lowest BCUT2D eigenvalue weighted by molar-refractivity contribution is -0.136. The molecule has 176 valence electrons. The Balaban J connectivity index is 1.41. The second-order valence-electron chi connectivity index (χ2n) is 9.05. The third-order valence-electron chi connectivity index (χ3n) is 6.64. The molecule has 2 aliphatic rings. The fraction of sp³-hybridized carbons (Fsp3) is 0.440. The van der Waals surface area contributed by atoms with Crippen LogP contribution in [0.25, 0.3) is 0 Å². The molecule has 1 aliphatic carbocycles. The van der Waals surface area contributed by atoms with Crippen molar-refractivity contribution in [3.8, 4) is 0 Å². The third kappa shape index (κ3) is 4.96. The molecular weight excluding hydrogens is 438 g/mol. The van der Waals surface area contributed by atoms with Crippen LogP contribution in [0.1, 0.15) is 42.0 Å². The minimum absolute atomic E-state index is 0.203. The summed E-state index contributed by atoms with van der Waals surface area (Å²) in [5.74, 6) is -0.752. The van der Waals surface area contributed by atoms with Gasteiger partial charge in [-0.2, -0.15) is 4.31 Å². The first-order valence-electron chi connectivity index (χ1n) is 11.5. The Bertz CT molecular complexity index is 1120.